The topological polar surface area (TPSA) is 21.1 Å². The zero-order chi connectivity index (χ0) is 29.7. The second-order valence-corrected chi connectivity index (χ2v) is 12.4. The van der Waals surface area contributed by atoms with E-state index in [9.17, 15) is 0 Å². The monoisotopic (exact) mass is 593 g/mol. The van der Waals surface area contributed by atoms with Crippen LogP contribution >= 0.6 is 11.3 Å². The van der Waals surface area contributed by atoms with Crippen molar-refractivity contribution < 1.29 is 0 Å². The molecular formula is C41H27N3S. The standard InChI is InChI=1S/C41H27N3S/c1-3-11-30(12-4-1)43(41-17-9-10-24-42-41)32-20-23-36-35-22-19-29(26-39(35)45-40(36)27-32)28-18-21-34-33-15-7-8-16-37(33)44(38(34)25-28)31-13-5-2-6-14-31/h1-27H. The SMILES string of the molecule is c1ccc(N(c2ccc3c(c2)sc2cc(-c4ccc5c6ccccc6n(-c6ccccc6)c5c4)ccc23)c2ccccn2)cc1. The Kier molecular flexibility index (Phi) is 6.00. The number of para-hydroxylation sites is 3. The zero-order valence-electron chi connectivity index (χ0n) is 24.3. The van der Waals surface area contributed by atoms with Crippen LogP contribution in [0.4, 0.5) is 17.2 Å². The third-order valence-corrected chi connectivity index (χ3v) is 9.74. The number of pyridine rings is 1. The van der Waals surface area contributed by atoms with Crippen LogP contribution in [0, 0.1) is 0 Å². The van der Waals surface area contributed by atoms with Crippen molar-refractivity contribution in [2.45, 2.75) is 0 Å². The van der Waals surface area contributed by atoms with Crippen molar-refractivity contribution in [2.24, 2.45) is 0 Å². The highest BCUT2D eigenvalue weighted by atomic mass is 32.1. The van der Waals surface area contributed by atoms with Crippen LogP contribution in [0.2, 0.25) is 0 Å². The van der Waals surface area contributed by atoms with E-state index in [1.807, 2.05) is 35.7 Å². The summed E-state index contributed by atoms with van der Waals surface area (Å²) >= 11 is 1.85. The fourth-order valence-corrected chi connectivity index (χ4v) is 7.74. The molecule has 3 heterocycles. The van der Waals surface area contributed by atoms with E-state index >= 15 is 0 Å². The predicted octanol–water partition coefficient (Wildman–Crippen LogP) is 11.7. The van der Waals surface area contributed by atoms with Crippen molar-refractivity contribution >= 4 is 70.5 Å². The van der Waals surface area contributed by atoms with Gasteiger partial charge in [-0.25, -0.2) is 4.98 Å². The first-order valence-electron chi connectivity index (χ1n) is 15.1. The lowest BCUT2D eigenvalue weighted by molar-refractivity contribution is 1.18. The summed E-state index contributed by atoms with van der Waals surface area (Å²) in [6.45, 7) is 0. The van der Waals surface area contributed by atoms with Crippen LogP contribution in [0.5, 0.6) is 0 Å². The molecule has 0 fully saturated rings. The molecule has 6 aromatic carbocycles. The normalized spacial score (nSPS) is 11.6. The molecule has 0 bridgehead atoms. The fourth-order valence-electron chi connectivity index (χ4n) is 6.57. The molecule has 0 aliphatic carbocycles. The molecule has 4 heteroatoms. The van der Waals surface area contributed by atoms with Gasteiger partial charge in [-0.05, 0) is 77.9 Å². The first-order chi connectivity index (χ1) is 22.3. The van der Waals surface area contributed by atoms with E-state index in [1.165, 1.54) is 58.8 Å². The number of thiophene rings is 1. The van der Waals surface area contributed by atoms with Crippen molar-refractivity contribution in [1.82, 2.24) is 9.55 Å². The predicted molar refractivity (Wildman–Crippen MR) is 192 cm³/mol. The number of anilines is 3. The van der Waals surface area contributed by atoms with Crippen LogP contribution in [-0.4, -0.2) is 9.55 Å². The van der Waals surface area contributed by atoms with Gasteiger partial charge in [-0.3, -0.25) is 4.90 Å². The van der Waals surface area contributed by atoms with E-state index in [2.05, 4.69) is 154 Å². The van der Waals surface area contributed by atoms with Crippen molar-refractivity contribution in [2.75, 3.05) is 4.90 Å². The summed E-state index contributed by atoms with van der Waals surface area (Å²) in [6.07, 6.45) is 1.85. The van der Waals surface area contributed by atoms with Crippen LogP contribution in [-0.2, 0) is 0 Å². The molecule has 0 spiro atoms. The maximum atomic E-state index is 4.69. The van der Waals surface area contributed by atoms with E-state index in [1.54, 1.807) is 0 Å². The molecule has 45 heavy (non-hydrogen) atoms. The van der Waals surface area contributed by atoms with Gasteiger partial charge in [0.25, 0.3) is 0 Å². The van der Waals surface area contributed by atoms with Gasteiger partial charge in [-0.2, -0.15) is 0 Å². The summed E-state index contributed by atoms with van der Waals surface area (Å²) in [5.74, 6) is 0.898. The smallest absolute Gasteiger partial charge is 0.137 e. The molecule has 0 radical (unpaired) electrons. The Morgan fingerprint density at radius 3 is 1.91 bits per heavy atom. The quantitative estimate of drug-likeness (QED) is 0.198. The molecule has 0 atom stereocenters. The zero-order valence-corrected chi connectivity index (χ0v) is 25.2. The number of hydrogen-bond donors (Lipinski definition) is 0. The van der Waals surface area contributed by atoms with E-state index in [0.717, 1.165) is 17.2 Å². The Morgan fingerprint density at radius 1 is 0.467 bits per heavy atom. The number of fused-ring (bicyclic) bond motifs is 6. The summed E-state index contributed by atoms with van der Waals surface area (Å²) in [4.78, 5) is 6.91. The number of rotatable bonds is 5. The third-order valence-electron chi connectivity index (χ3n) is 8.63. The maximum Gasteiger partial charge on any atom is 0.137 e. The first kappa shape index (κ1) is 25.8. The number of hydrogen-bond acceptors (Lipinski definition) is 3. The Morgan fingerprint density at radius 2 is 1.11 bits per heavy atom. The molecule has 3 aromatic heterocycles. The molecular weight excluding hydrogens is 567 g/mol. The minimum Gasteiger partial charge on any atom is -0.309 e. The average molecular weight is 594 g/mol. The molecule has 0 unspecified atom stereocenters. The molecule has 3 nitrogen and oxygen atoms in total. The Balaban J connectivity index is 1.17. The molecule has 0 aliphatic rings. The average Bonchev–Trinajstić information content (AvgIpc) is 3.64. The highest BCUT2D eigenvalue weighted by Gasteiger charge is 2.16. The fraction of sp³-hybridized carbons (Fsp3) is 0. The second kappa shape index (κ2) is 10.5. The van der Waals surface area contributed by atoms with E-state index in [4.69, 9.17) is 0 Å². The van der Waals surface area contributed by atoms with Crippen LogP contribution in [0.3, 0.4) is 0 Å². The number of benzene rings is 6. The van der Waals surface area contributed by atoms with Gasteiger partial charge in [0.2, 0.25) is 0 Å². The van der Waals surface area contributed by atoms with E-state index in [-0.39, 0.29) is 0 Å². The van der Waals surface area contributed by atoms with Gasteiger partial charge in [0.15, 0.2) is 0 Å². The minimum absolute atomic E-state index is 0.898. The molecule has 212 valence electrons. The summed E-state index contributed by atoms with van der Waals surface area (Å²) in [6, 6.07) is 56.4. The van der Waals surface area contributed by atoms with Crippen molar-refractivity contribution in [1.29, 1.82) is 0 Å². The third kappa shape index (κ3) is 4.30. The van der Waals surface area contributed by atoms with Crippen molar-refractivity contribution in [3.05, 3.63) is 164 Å². The molecule has 0 saturated carbocycles. The summed E-state index contributed by atoms with van der Waals surface area (Å²) in [5.41, 5.74) is 8.24. The summed E-state index contributed by atoms with van der Waals surface area (Å²) < 4.78 is 4.93. The van der Waals surface area contributed by atoms with Gasteiger partial charge in [0.05, 0.1) is 11.0 Å². The largest absolute Gasteiger partial charge is 0.309 e. The van der Waals surface area contributed by atoms with Gasteiger partial charge in [-0.1, -0.05) is 91.0 Å². The van der Waals surface area contributed by atoms with Crippen LogP contribution < -0.4 is 4.90 Å². The summed E-state index contributed by atoms with van der Waals surface area (Å²) in [5, 5.41) is 5.10. The van der Waals surface area contributed by atoms with Crippen LogP contribution in [0.25, 0.3) is 58.8 Å². The van der Waals surface area contributed by atoms with Crippen LogP contribution in [0.1, 0.15) is 0 Å². The lowest BCUT2D eigenvalue weighted by atomic mass is 10.0. The lowest BCUT2D eigenvalue weighted by Gasteiger charge is -2.24. The molecule has 0 saturated heterocycles. The molecule has 9 rings (SSSR count). The highest BCUT2D eigenvalue weighted by molar-refractivity contribution is 7.25. The van der Waals surface area contributed by atoms with E-state index < -0.39 is 0 Å². The molecule has 0 aliphatic heterocycles. The Hall–Kier alpha value is -5.71. The number of nitrogens with zero attached hydrogens (tertiary/aromatic N) is 3. The Bertz CT molecular complexity index is 2440. The number of aromatic nitrogens is 2. The Labute approximate surface area is 264 Å². The van der Waals surface area contributed by atoms with Gasteiger partial charge in [0, 0.05) is 54.2 Å². The van der Waals surface area contributed by atoms with Crippen LogP contribution in [0.15, 0.2) is 164 Å². The second-order valence-electron chi connectivity index (χ2n) is 11.3. The first-order valence-corrected chi connectivity index (χ1v) is 15.9. The van der Waals surface area contributed by atoms with Gasteiger partial charge >= 0.3 is 0 Å². The minimum atomic E-state index is 0.898. The van der Waals surface area contributed by atoms with Gasteiger partial charge in [0.1, 0.15) is 5.82 Å². The molecule has 0 amide bonds. The van der Waals surface area contributed by atoms with Crippen molar-refractivity contribution in [3.8, 4) is 16.8 Å². The molecule has 0 N–H and O–H groups in total. The summed E-state index contributed by atoms with van der Waals surface area (Å²) in [7, 11) is 0. The lowest BCUT2D eigenvalue weighted by Crippen LogP contribution is -2.10. The van der Waals surface area contributed by atoms with Crippen molar-refractivity contribution in [3.63, 3.8) is 0 Å². The highest BCUT2D eigenvalue weighted by Crippen LogP contribution is 2.42. The maximum absolute atomic E-state index is 4.69. The van der Waals surface area contributed by atoms with Gasteiger partial charge in [-0.15, -0.1) is 11.3 Å². The van der Waals surface area contributed by atoms with E-state index in [0.29, 0.717) is 0 Å². The van der Waals surface area contributed by atoms with Gasteiger partial charge < -0.3 is 4.57 Å². The molecule has 9 aromatic rings.